The Balaban J connectivity index is 2.81. The molecule has 0 radical (unpaired) electrons. The summed E-state index contributed by atoms with van der Waals surface area (Å²) < 4.78 is 32.3. The SMILES string of the molecule is CCC[C@@H](C)NC(=O)[C@H](C)NS(=O)(=O)c1ccc(OC)c(C)c1. The van der Waals surface area contributed by atoms with Gasteiger partial charge in [-0.1, -0.05) is 13.3 Å². The van der Waals surface area contributed by atoms with Crippen molar-refractivity contribution in [3.8, 4) is 5.75 Å². The first-order chi connectivity index (χ1) is 10.7. The van der Waals surface area contributed by atoms with E-state index in [1.807, 2.05) is 13.8 Å². The molecule has 2 atom stereocenters. The van der Waals surface area contributed by atoms with Crippen molar-refractivity contribution in [2.45, 2.75) is 57.5 Å². The average molecular weight is 342 g/mol. The van der Waals surface area contributed by atoms with Gasteiger partial charge < -0.3 is 10.1 Å². The predicted molar refractivity (Wildman–Crippen MR) is 90.0 cm³/mol. The Bertz CT molecular complexity index is 643. The fourth-order valence-corrected chi connectivity index (χ4v) is 3.53. The molecule has 0 unspecified atom stereocenters. The first-order valence-corrected chi connectivity index (χ1v) is 9.17. The van der Waals surface area contributed by atoms with E-state index in [1.54, 1.807) is 13.0 Å². The van der Waals surface area contributed by atoms with E-state index in [-0.39, 0.29) is 16.8 Å². The van der Waals surface area contributed by atoms with Gasteiger partial charge in [-0.3, -0.25) is 4.79 Å². The van der Waals surface area contributed by atoms with Crippen molar-refractivity contribution < 1.29 is 17.9 Å². The molecule has 0 saturated carbocycles. The Morgan fingerprint density at radius 1 is 1.30 bits per heavy atom. The quantitative estimate of drug-likeness (QED) is 0.756. The minimum absolute atomic E-state index is 0.0164. The van der Waals surface area contributed by atoms with Crippen molar-refractivity contribution in [1.82, 2.24) is 10.0 Å². The highest BCUT2D eigenvalue weighted by molar-refractivity contribution is 7.89. The van der Waals surface area contributed by atoms with Gasteiger partial charge in [0.1, 0.15) is 5.75 Å². The molecule has 6 nitrogen and oxygen atoms in total. The van der Waals surface area contributed by atoms with Crippen LogP contribution in [-0.4, -0.2) is 33.5 Å². The van der Waals surface area contributed by atoms with E-state index >= 15 is 0 Å². The van der Waals surface area contributed by atoms with Gasteiger partial charge in [-0.15, -0.1) is 0 Å². The maximum Gasteiger partial charge on any atom is 0.241 e. The van der Waals surface area contributed by atoms with Crippen LogP contribution in [0.4, 0.5) is 0 Å². The number of rotatable bonds is 8. The molecular weight excluding hydrogens is 316 g/mol. The number of nitrogens with one attached hydrogen (secondary N) is 2. The van der Waals surface area contributed by atoms with Gasteiger partial charge in [0, 0.05) is 6.04 Å². The third kappa shape index (κ3) is 5.51. The number of benzene rings is 1. The molecule has 0 aliphatic carbocycles. The van der Waals surface area contributed by atoms with Gasteiger partial charge in [-0.2, -0.15) is 4.72 Å². The number of aryl methyl sites for hydroxylation is 1. The molecule has 1 amide bonds. The van der Waals surface area contributed by atoms with Crippen molar-refractivity contribution in [2.24, 2.45) is 0 Å². The van der Waals surface area contributed by atoms with E-state index in [0.717, 1.165) is 12.8 Å². The highest BCUT2D eigenvalue weighted by Gasteiger charge is 2.23. The normalized spacial score (nSPS) is 14.1. The fraction of sp³-hybridized carbons (Fsp3) is 0.562. The van der Waals surface area contributed by atoms with Crippen LogP contribution in [0, 0.1) is 6.92 Å². The maximum absolute atomic E-state index is 12.4. The van der Waals surface area contributed by atoms with Gasteiger partial charge in [-0.05, 0) is 51.0 Å². The molecule has 2 N–H and O–H groups in total. The fourth-order valence-electron chi connectivity index (χ4n) is 2.25. The van der Waals surface area contributed by atoms with Crippen LogP contribution in [0.1, 0.15) is 39.2 Å². The van der Waals surface area contributed by atoms with Crippen LogP contribution in [0.2, 0.25) is 0 Å². The Kier molecular flexibility index (Phi) is 7.02. The predicted octanol–water partition coefficient (Wildman–Crippen LogP) is 1.98. The van der Waals surface area contributed by atoms with E-state index in [0.29, 0.717) is 11.3 Å². The van der Waals surface area contributed by atoms with E-state index in [4.69, 9.17) is 4.74 Å². The van der Waals surface area contributed by atoms with Crippen LogP contribution in [0.25, 0.3) is 0 Å². The third-order valence-electron chi connectivity index (χ3n) is 3.51. The van der Waals surface area contributed by atoms with Crippen LogP contribution in [-0.2, 0) is 14.8 Å². The second-order valence-corrected chi connectivity index (χ2v) is 7.39. The monoisotopic (exact) mass is 342 g/mol. The number of amides is 1. The van der Waals surface area contributed by atoms with Gasteiger partial charge in [0.25, 0.3) is 0 Å². The smallest absolute Gasteiger partial charge is 0.241 e. The summed E-state index contributed by atoms with van der Waals surface area (Å²) in [6, 6.07) is 3.74. The number of sulfonamides is 1. The zero-order valence-corrected chi connectivity index (χ0v) is 15.2. The minimum atomic E-state index is -3.77. The molecule has 1 rings (SSSR count). The minimum Gasteiger partial charge on any atom is -0.496 e. The van der Waals surface area contributed by atoms with Crippen molar-refractivity contribution in [3.63, 3.8) is 0 Å². The summed E-state index contributed by atoms with van der Waals surface area (Å²) in [7, 11) is -2.24. The van der Waals surface area contributed by atoms with Crippen LogP contribution < -0.4 is 14.8 Å². The molecule has 7 heteroatoms. The summed E-state index contributed by atoms with van der Waals surface area (Å²) >= 11 is 0. The molecule has 0 aromatic heterocycles. The van der Waals surface area contributed by atoms with Gasteiger partial charge in [0.2, 0.25) is 15.9 Å². The Morgan fingerprint density at radius 2 is 1.96 bits per heavy atom. The maximum atomic E-state index is 12.4. The van der Waals surface area contributed by atoms with Crippen LogP contribution in [0.3, 0.4) is 0 Å². The summed E-state index contributed by atoms with van der Waals surface area (Å²) in [6.45, 7) is 7.22. The zero-order valence-electron chi connectivity index (χ0n) is 14.3. The first-order valence-electron chi connectivity index (χ1n) is 7.68. The molecule has 1 aromatic carbocycles. The van der Waals surface area contributed by atoms with E-state index in [9.17, 15) is 13.2 Å². The standard InChI is InChI=1S/C16H26N2O4S/c1-6-7-12(3)17-16(19)13(4)18-23(20,21)14-8-9-15(22-5)11(2)10-14/h8-10,12-13,18H,6-7H2,1-5H3,(H,17,19)/t12-,13+/m1/s1. The lowest BCUT2D eigenvalue weighted by molar-refractivity contribution is -0.123. The van der Waals surface area contributed by atoms with Crippen molar-refractivity contribution in [3.05, 3.63) is 23.8 Å². The average Bonchev–Trinajstić information content (AvgIpc) is 2.46. The summed E-state index contributed by atoms with van der Waals surface area (Å²) in [5, 5.41) is 2.80. The second kappa shape index (κ2) is 8.31. The second-order valence-electron chi connectivity index (χ2n) is 5.67. The molecule has 23 heavy (non-hydrogen) atoms. The number of hydrogen-bond acceptors (Lipinski definition) is 4. The zero-order chi connectivity index (χ0) is 17.6. The molecule has 0 aliphatic heterocycles. The lowest BCUT2D eigenvalue weighted by atomic mass is 10.2. The number of methoxy groups -OCH3 is 1. The molecule has 1 aromatic rings. The topological polar surface area (TPSA) is 84.5 Å². The van der Waals surface area contributed by atoms with Crippen molar-refractivity contribution >= 4 is 15.9 Å². The Labute approximate surface area is 138 Å². The molecule has 0 spiro atoms. The lowest BCUT2D eigenvalue weighted by Crippen LogP contribution is -2.47. The number of carbonyl (C=O) groups is 1. The van der Waals surface area contributed by atoms with Crippen LogP contribution in [0.5, 0.6) is 5.75 Å². The van der Waals surface area contributed by atoms with Crippen molar-refractivity contribution in [1.29, 1.82) is 0 Å². The molecular formula is C16H26N2O4S. The van der Waals surface area contributed by atoms with Crippen LogP contribution >= 0.6 is 0 Å². The van der Waals surface area contributed by atoms with Gasteiger partial charge in [-0.25, -0.2) is 8.42 Å². The molecule has 0 saturated heterocycles. The van der Waals surface area contributed by atoms with Gasteiger partial charge in [0.15, 0.2) is 0 Å². The van der Waals surface area contributed by atoms with Crippen molar-refractivity contribution in [2.75, 3.05) is 7.11 Å². The summed E-state index contributed by atoms with van der Waals surface area (Å²) in [5.41, 5.74) is 0.712. The Hall–Kier alpha value is -1.60. The van der Waals surface area contributed by atoms with Gasteiger partial charge in [0.05, 0.1) is 18.0 Å². The molecule has 0 bridgehead atoms. The van der Waals surface area contributed by atoms with E-state index in [2.05, 4.69) is 10.0 Å². The first kappa shape index (κ1) is 19.4. The molecule has 0 fully saturated rings. The molecule has 0 aliphatic rings. The Morgan fingerprint density at radius 3 is 2.48 bits per heavy atom. The summed E-state index contributed by atoms with van der Waals surface area (Å²) in [6.07, 6.45) is 1.80. The van der Waals surface area contributed by atoms with Gasteiger partial charge >= 0.3 is 0 Å². The lowest BCUT2D eigenvalue weighted by Gasteiger charge is -2.18. The number of carbonyl (C=O) groups excluding carboxylic acids is 1. The van der Waals surface area contributed by atoms with E-state index in [1.165, 1.54) is 26.2 Å². The highest BCUT2D eigenvalue weighted by Crippen LogP contribution is 2.21. The summed E-state index contributed by atoms with van der Waals surface area (Å²) in [5.74, 6) is 0.280. The van der Waals surface area contributed by atoms with E-state index < -0.39 is 16.1 Å². The number of hydrogen-bond donors (Lipinski definition) is 2. The molecule has 130 valence electrons. The van der Waals surface area contributed by atoms with Crippen LogP contribution in [0.15, 0.2) is 23.1 Å². The highest BCUT2D eigenvalue weighted by atomic mass is 32.2. The summed E-state index contributed by atoms with van der Waals surface area (Å²) in [4.78, 5) is 12.2. The third-order valence-corrected chi connectivity index (χ3v) is 5.05. The number of ether oxygens (including phenoxy) is 1. The largest absolute Gasteiger partial charge is 0.496 e. The molecule has 0 heterocycles.